The Balaban J connectivity index is 2.29. The molecule has 2 atom stereocenters. The zero-order valence-electron chi connectivity index (χ0n) is 11.2. The largest absolute Gasteiger partial charge is 0.396 e. The lowest BCUT2D eigenvalue weighted by Gasteiger charge is -2.19. The average Bonchev–Trinajstić information content (AvgIpc) is 2.85. The highest BCUT2D eigenvalue weighted by molar-refractivity contribution is 5.78. The Kier molecular flexibility index (Phi) is 6.56. The van der Waals surface area contributed by atoms with Crippen LogP contribution in [-0.4, -0.2) is 24.2 Å². The number of carbonyl (C=O) groups is 1. The molecule has 2 unspecified atom stereocenters. The van der Waals surface area contributed by atoms with Crippen molar-refractivity contribution in [2.75, 3.05) is 13.2 Å². The fourth-order valence-electron chi connectivity index (χ4n) is 2.59. The van der Waals surface area contributed by atoms with Gasteiger partial charge in [0.1, 0.15) is 0 Å². The Morgan fingerprint density at radius 1 is 1.41 bits per heavy atom. The lowest BCUT2D eigenvalue weighted by atomic mass is 9.90. The predicted molar refractivity (Wildman–Crippen MR) is 69.6 cm³/mol. The van der Waals surface area contributed by atoms with Crippen LogP contribution in [0, 0.1) is 17.8 Å². The lowest BCUT2D eigenvalue weighted by molar-refractivity contribution is -0.125. The second-order valence-corrected chi connectivity index (χ2v) is 5.52. The summed E-state index contributed by atoms with van der Waals surface area (Å²) in [4.78, 5) is 12.0. The molecule has 17 heavy (non-hydrogen) atoms. The first-order chi connectivity index (χ1) is 8.17. The van der Waals surface area contributed by atoms with E-state index in [0.29, 0.717) is 6.54 Å². The molecule has 0 spiro atoms. The second-order valence-electron chi connectivity index (χ2n) is 5.52. The van der Waals surface area contributed by atoms with Crippen molar-refractivity contribution in [3.8, 4) is 0 Å². The Hall–Kier alpha value is -0.570. The summed E-state index contributed by atoms with van der Waals surface area (Å²) < 4.78 is 0. The number of rotatable bonds is 7. The molecule has 0 bridgehead atoms. The van der Waals surface area contributed by atoms with E-state index in [-0.39, 0.29) is 24.3 Å². The van der Waals surface area contributed by atoms with Crippen molar-refractivity contribution in [3.63, 3.8) is 0 Å². The van der Waals surface area contributed by atoms with E-state index in [2.05, 4.69) is 12.2 Å². The highest BCUT2D eigenvalue weighted by atomic mass is 16.3. The monoisotopic (exact) mass is 241 g/mol. The van der Waals surface area contributed by atoms with E-state index in [1.165, 1.54) is 25.7 Å². The first kappa shape index (κ1) is 14.5. The fraction of sp³-hybridized carbons (Fsp3) is 0.929. The molecule has 0 saturated heterocycles. The SMILES string of the molecule is CCC(CC1CCCC1)C(=O)NCC(C)CO. The third-order valence-corrected chi connectivity index (χ3v) is 3.89. The molecular weight excluding hydrogens is 214 g/mol. The van der Waals surface area contributed by atoms with Crippen molar-refractivity contribution < 1.29 is 9.90 Å². The van der Waals surface area contributed by atoms with E-state index in [9.17, 15) is 4.79 Å². The van der Waals surface area contributed by atoms with Gasteiger partial charge in [0.25, 0.3) is 0 Å². The van der Waals surface area contributed by atoms with Gasteiger partial charge in [-0.1, -0.05) is 39.5 Å². The summed E-state index contributed by atoms with van der Waals surface area (Å²) in [6, 6.07) is 0. The van der Waals surface area contributed by atoms with Gasteiger partial charge in [0.05, 0.1) is 0 Å². The minimum absolute atomic E-state index is 0.139. The summed E-state index contributed by atoms with van der Waals surface area (Å²) in [6.07, 6.45) is 7.26. The molecule has 100 valence electrons. The van der Waals surface area contributed by atoms with Gasteiger partial charge in [-0.25, -0.2) is 0 Å². The number of amides is 1. The van der Waals surface area contributed by atoms with Crippen molar-refractivity contribution in [3.05, 3.63) is 0 Å². The Bertz CT molecular complexity index is 224. The van der Waals surface area contributed by atoms with Crippen molar-refractivity contribution in [1.29, 1.82) is 0 Å². The molecule has 1 aliphatic rings. The highest BCUT2D eigenvalue weighted by Gasteiger charge is 2.23. The first-order valence-electron chi connectivity index (χ1n) is 7.05. The molecule has 2 N–H and O–H groups in total. The van der Waals surface area contributed by atoms with Crippen LogP contribution in [0.5, 0.6) is 0 Å². The normalized spacial score (nSPS) is 20.2. The predicted octanol–water partition coefficient (Wildman–Crippen LogP) is 2.34. The van der Waals surface area contributed by atoms with Gasteiger partial charge >= 0.3 is 0 Å². The Morgan fingerprint density at radius 2 is 2.06 bits per heavy atom. The van der Waals surface area contributed by atoms with Crippen molar-refractivity contribution in [1.82, 2.24) is 5.32 Å². The molecule has 1 fully saturated rings. The highest BCUT2D eigenvalue weighted by Crippen LogP contribution is 2.31. The maximum Gasteiger partial charge on any atom is 0.223 e. The van der Waals surface area contributed by atoms with E-state index in [1.54, 1.807) is 0 Å². The topological polar surface area (TPSA) is 49.3 Å². The Labute approximate surface area is 105 Å². The molecule has 0 heterocycles. The van der Waals surface area contributed by atoms with Crippen molar-refractivity contribution >= 4 is 5.91 Å². The number of hydrogen-bond acceptors (Lipinski definition) is 2. The molecule has 3 heteroatoms. The molecule has 3 nitrogen and oxygen atoms in total. The maximum atomic E-state index is 12.0. The quantitative estimate of drug-likeness (QED) is 0.719. The minimum Gasteiger partial charge on any atom is -0.396 e. The standard InChI is InChI=1S/C14H27NO2/c1-3-13(8-12-6-4-5-7-12)14(17)15-9-11(2)10-16/h11-13,16H,3-10H2,1-2H3,(H,15,17). The molecule has 0 aromatic rings. The van der Waals surface area contributed by atoms with Crippen molar-refractivity contribution in [2.45, 2.75) is 52.4 Å². The molecule has 1 saturated carbocycles. The molecule has 0 aromatic carbocycles. The zero-order valence-corrected chi connectivity index (χ0v) is 11.2. The summed E-state index contributed by atoms with van der Waals surface area (Å²) in [6.45, 7) is 4.77. The third-order valence-electron chi connectivity index (χ3n) is 3.89. The molecule has 0 aromatic heterocycles. The first-order valence-corrected chi connectivity index (χ1v) is 7.05. The van der Waals surface area contributed by atoms with Crippen LogP contribution >= 0.6 is 0 Å². The molecule has 1 amide bonds. The number of nitrogens with one attached hydrogen (secondary N) is 1. The van der Waals surface area contributed by atoms with Gasteiger partial charge in [0, 0.05) is 19.1 Å². The molecule has 0 aliphatic heterocycles. The summed E-state index contributed by atoms with van der Waals surface area (Å²) in [5.41, 5.74) is 0. The summed E-state index contributed by atoms with van der Waals surface area (Å²) in [7, 11) is 0. The summed E-state index contributed by atoms with van der Waals surface area (Å²) >= 11 is 0. The second kappa shape index (κ2) is 7.70. The van der Waals surface area contributed by atoms with Gasteiger partial charge in [0.2, 0.25) is 5.91 Å². The smallest absolute Gasteiger partial charge is 0.223 e. The van der Waals surface area contributed by atoms with Crippen LogP contribution in [0.3, 0.4) is 0 Å². The van der Waals surface area contributed by atoms with E-state index < -0.39 is 0 Å². The number of aliphatic hydroxyl groups excluding tert-OH is 1. The lowest BCUT2D eigenvalue weighted by Crippen LogP contribution is -2.35. The van der Waals surface area contributed by atoms with E-state index in [4.69, 9.17) is 5.11 Å². The maximum absolute atomic E-state index is 12.0. The molecule has 0 radical (unpaired) electrons. The van der Waals surface area contributed by atoms with Gasteiger partial charge in [0.15, 0.2) is 0 Å². The van der Waals surface area contributed by atoms with Gasteiger partial charge < -0.3 is 10.4 Å². The van der Waals surface area contributed by atoms with Crippen LogP contribution in [0.4, 0.5) is 0 Å². The molecular formula is C14H27NO2. The summed E-state index contributed by atoms with van der Waals surface area (Å²) in [5, 5.41) is 11.9. The van der Waals surface area contributed by atoms with E-state index in [0.717, 1.165) is 18.8 Å². The number of aliphatic hydroxyl groups is 1. The van der Waals surface area contributed by atoms with E-state index in [1.807, 2.05) is 6.92 Å². The van der Waals surface area contributed by atoms with E-state index >= 15 is 0 Å². The van der Waals surface area contributed by atoms with Crippen LogP contribution in [0.1, 0.15) is 52.4 Å². The van der Waals surface area contributed by atoms with Crippen LogP contribution in [0.2, 0.25) is 0 Å². The van der Waals surface area contributed by atoms with Crippen LogP contribution in [0.25, 0.3) is 0 Å². The van der Waals surface area contributed by atoms with Crippen LogP contribution < -0.4 is 5.32 Å². The summed E-state index contributed by atoms with van der Waals surface area (Å²) in [5.74, 6) is 1.27. The van der Waals surface area contributed by atoms with Gasteiger partial charge in [-0.2, -0.15) is 0 Å². The molecule has 1 aliphatic carbocycles. The fourth-order valence-corrected chi connectivity index (χ4v) is 2.59. The minimum atomic E-state index is 0.139. The van der Waals surface area contributed by atoms with Crippen LogP contribution in [0.15, 0.2) is 0 Å². The van der Waals surface area contributed by atoms with Gasteiger partial charge in [-0.15, -0.1) is 0 Å². The van der Waals surface area contributed by atoms with Gasteiger partial charge in [-0.3, -0.25) is 4.79 Å². The third kappa shape index (κ3) is 5.07. The zero-order chi connectivity index (χ0) is 12.7. The van der Waals surface area contributed by atoms with Crippen molar-refractivity contribution in [2.24, 2.45) is 17.8 Å². The number of hydrogen-bond donors (Lipinski definition) is 2. The van der Waals surface area contributed by atoms with Crippen LogP contribution in [-0.2, 0) is 4.79 Å². The van der Waals surface area contributed by atoms with Gasteiger partial charge in [-0.05, 0) is 24.7 Å². The number of carbonyl (C=O) groups excluding carboxylic acids is 1. The Morgan fingerprint density at radius 3 is 2.59 bits per heavy atom. The molecule has 1 rings (SSSR count). The average molecular weight is 241 g/mol.